The Bertz CT molecular complexity index is 414. The number of nitrogens with one attached hydrogen (secondary N) is 1. The van der Waals surface area contributed by atoms with Gasteiger partial charge in [0.1, 0.15) is 11.5 Å². The van der Waals surface area contributed by atoms with Crippen LogP contribution in [0.5, 0.6) is 11.5 Å². The van der Waals surface area contributed by atoms with E-state index in [0.29, 0.717) is 6.54 Å². The molecular weight excluding hydrogens is 242 g/mol. The Morgan fingerprint density at radius 3 is 2.53 bits per heavy atom. The van der Waals surface area contributed by atoms with E-state index in [-0.39, 0.29) is 12.1 Å². The summed E-state index contributed by atoms with van der Waals surface area (Å²) in [5.74, 6) is 1.61. The van der Waals surface area contributed by atoms with Crippen molar-refractivity contribution < 1.29 is 14.6 Å². The van der Waals surface area contributed by atoms with E-state index < -0.39 is 0 Å². The highest BCUT2D eigenvalue weighted by atomic mass is 16.5. The fraction of sp³-hybridized carbons (Fsp3) is 0.600. The van der Waals surface area contributed by atoms with Gasteiger partial charge < -0.3 is 19.9 Å². The van der Waals surface area contributed by atoms with Gasteiger partial charge in [0.25, 0.3) is 0 Å². The van der Waals surface area contributed by atoms with Crippen molar-refractivity contribution in [1.29, 1.82) is 0 Å². The topological polar surface area (TPSA) is 50.7 Å². The summed E-state index contributed by atoms with van der Waals surface area (Å²) in [6, 6.07) is 5.82. The number of aliphatic hydroxyl groups is 1. The van der Waals surface area contributed by atoms with Crippen LogP contribution in [0.2, 0.25) is 0 Å². The molecule has 0 radical (unpaired) electrons. The molecule has 4 nitrogen and oxygen atoms in total. The fourth-order valence-corrected chi connectivity index (χ4v) is 2.72. The van der Waals surface area contributed by atoms with E-state index in [2.05, 4.69) is 5.32 Å². The lowest BCUT2D eigenvalue weighted by Crippen LogP contribution is -2.45. The largest absolute Gasteiger partial charge is 0.497 e. The van der Waals surface area contributed by atoms with Gasteiger partial charge in [-0.1, -0.05) is 18.9 Å². The second-order valence-corrected chi connectivity index (χ2v) is 5.18. The number of ether oxygens (including phenoxy) is 2. The molecule has 0 saturated heterocycles. The minimum atomic E-state index is -0.106. The van der Waals surface area contributed by atoms with Gasteiger partial charge in [-0.05, 0) is 18.9 Å². The Kier molecular flexibility index (Phi) is 4.66. The fourth-order valence-electron chi connectivity index (χ4n) is 2.72. The van der Waals surface area contributed by atoms with Crippen LogP contribution in [0.4, 0.5) is 0 Å². The molecular formula is C15H23NO3. The third-order valence-electron chi connectivity index (χ3n) is 4.01. The molecule has 106 valence electrons. The molecule has 0 unspecified atom stereocenters. The maximum absolute atomic E-state index is 9.59. The van der Waals surface area contributed by atoms with Crippen LogP contribution in [-0.4, -0.2) is 31.5 Å². The highest BCUT2D eigenvalue weighted by molar-refractivity contribution is 5.40. The van der Waals surface area contributed by atoms with E-state index >= 15 is 0 Å². The van der Waals surface area contributed by atoms with Crippen molar-refractivity contribution in [1.82, 2.24) is 5.32 Å². The maximum Gasteiger partial charge on any atom is 0.127 e. The summed E-state index contributed by atoms with van der Waals surface area (Å²) in [7, 11) is 3.31. The molecule has 0 amide bonds. The second kappa shape index (κ2) is 6.26. The number of aliphatic hydroxyl groups excluding tert-OH is 1. The molecule has 19 heavy (non-hydrogen) atoms. The van der Waals surface area contributed by atoms with Gasteiger partial charge in [0.15, 0.2) is 0 Å². The molecule has 4 heteroatoms. The molecule has 1 saturated carbocycles. The lowest BCUT2D eigenvalue weighted by atomic mass is 9.98. The quantitative estimate of drug-likeness (QED) is 0.827. The summed E-state index contributed by atoms with van der Waals surface area (Å²) in [6.07, 6.45) is 4.46. The minimum Gasteiger partial charge on any atom is -0.497 e. The van der Waals surface area contributed by atoms with Crippen LogP contribution in [0, 0.1) is 0 Å². The van der Waals surface area contributed by atoms with E-state index in [0.717, 1.165) is 29.9 Å². The summed E-state index contributed by atoms with van der Waals surface area (Å²) >= 11 is 0. The summed E-state index contributed by atoms with van der Waals surface area (Å²) in [4.78, 5) is 0. The van der Waals surface area contributed by atoms with E-state index in [1.165, 1.54) is 12.8 Å². The third-order valence-corrected chi connectivity index (χ3v) is 4.01. The van der Waals surface area contributed by atoms with Crippen LogP contribution in [0.15, 0.2) is 18.2 Å². The van der Waals surface area contributed by atoms with E-state index in [9.17, 15) is 5.11 Å². The first-order valence-electron chi connectivity index (χ1n) is 6.80. The second-order valence-electron chi connectivity index (χ2n) is 5.18. The van der Waals surface area contributed by atoms with Gasteiger partial charge in [0, 0.05) is 23.7 Å². The van der Waals surface area contributed by atoms with Gasteiger partial charge >= 0.3 is 0 Å². The Hall–Kier alpha value is -1.26. The molecule has 0 aliphatic heterocycles. The molecule has 1 aromatic rings. The number of methoxy groups -OCH3 is 2. The molecule has 1 aliphatic carbocycles. The van der Waals surface area contributed by atoms with Crippen LogP contribution >= 0.6 is 0 Å². The van der Waals surface area contributed by atoms with Crippen LogP contribution < -0.4 is 14.8 Å². The number of hydrogen-bond donors (Lipinski definition) is 2. The van der Waals surface area contributed by atoms with Gasteiger partial charge in [-0.3, -0.25) is 0 Å². The van der Waals surface area contributed by atoms with Crippen molar-refractivity contribution in [3.05, 3.63) is 23.8 Å². The normalized spacial score (nSPS) is 17.4. The van der Waals surface area contributed by atoms with Crippen molar-refractivity contribution in [2.24, 2.45) is 0 Å². The van der Waals surface area contributed by atoms with Crippen molar-refractivity contribution in [3.8, 4) is 11.5 Å². The molecule has 0 aromatic heterocycles. The predicted octanol–water partition coefficient (Wildman–Crippen LogP) is 2.10. The summed E-state index contributed by atoms with van der Waals surface area (Å²) < 4.78 is 10.6. The molecule has 1 aromatic carbocycles. The average molecular weight is 265 g/mol. The van der Waals surface area contributed by atoms with Crippen LogP contribution in [0.1, 0.15) is 31.2 Å². The van der Waals surface area contributed by atoms with E-state index in [1.54, 1.807) is 14.2 Å². The maximum atomic E-state index is 9.59. The Morgan fingerprint density at radius 1 is 1.21 bits per heavy atom. The molecule has 2 N–H and O–H groups in total. The predicted molar refractivity (Wildman–Crippen MR) is 74.7 cm³/mol. The van der Waals surface area contributed by atoms with Gasteiger partial charge in [0.05, 0.1) is 20.8 Å². The zero-order valence-corrected chi connectivity index (χ0v) is 11.7. The van der Waals surface area contributed by atoms with Crippen molar-refractivity contribution >= 4 is 0 Å². The Morgan fingerprint density at radius 2 is 1.95 bits per heavy atom. The van der Waals surface area contributed by atoms with Crippen LogP contribution in [-0.2, 0) is 6.54 Å². The first-order chi connectivity index (χ1) is 9.23. The Balaban J connectivity index is 2.06. The standard InChI is InChI=1S/C15H23NO3/c1-18-13-6-5-12(14(9-13)19-2)10-16-15(11-17)7-3-4-8-15/h5-6,9,16-17H,3-4,7-8,10-11H2,1-2H3. The molecule has 0 spiro atoms. The smallest absolute Gasteiger partial charge is 0.127 e. The summed E-state index contributed by atoms with van der Waals surface area (Å²) in [6.45, 7) is 0.902. The first-order valence-corrected chi connectivity index (χ1v) is 6.80. The minimum absolute atomic E-state index is 0.106. The van der Waals surface area contributed by atoms with Gasteiger partial charge in [-0.15, -0.1) is 0 Å². The number of hydrogen-bond acceptors (Lipinski definition) is 4. The number of benzene rings is 1. The molecule has 0 atom stereocenters. The van der Waals surface area contributed by atoms with Gasteiger partial charge in [0.2, 0.25) is 0 Å². The third kappa shape index (κ3) is 3.19. The molecule has 1 fully saturated rings. The molecule has 0 bridgehead atoms. The SMILES string of the molecule is COc1ccc(CNC2(CO)CCCC2)c(OC)c1. The highest BCUT2D eigenvalue weighted by Crippen LogP contribution is 2.31. The average Bonchev–Trinajstić information content (AvgIpc) is 2.94. The lowest BCUT2D eigenvalue weighted by molar-refractivity contribution is 0.162. The summed E-state index contributed by atoms with van der Waals surface area (Å²) in [5, 5.41) is 13.1. The van der Waals surface area contributed by atoms with Crippen molar-refractivity contribution in [3.63, 3.8) is 0 Å². The number of rotatable bonds is 6. The zero-order chi connectivity index (χ0) is 13.7. The summed E-state index contributed by atoms with van der Waals surface area (Å²) in [5.41, 5.74) is 0.980. The van der Waals surface area contributed by atoms with E-state index in [4.69, 9.17) is 9.47 Å². The zero-order valence-electron chi connectivity index (χ0n) is 11.7. The molecule has 2 rings (SSSR count). The van der Waals surface area contributed by atoms with Gasteiger partial charge in [-0.25, -0.2) is 0 Å². The van der Waals surface area contributed by atoms with Gasteiger partial charge in [-0.2, -0.15) is 0 Å². The molecule has 0 heterocycles. The first kappa shape index (κ1) is 14.2. The Labute approximate surface area is 114 Å². The van der Waals surface area contributed by atoms with Crippen molar-refractivity contribution in [2.45, 2.75) is 37.8 Å². The monoisotopic (exact) mass is 265 g/mol. The van der Waals surface area contributed by atoms with E-state index in [1.807, 2.05) is 18.2 Å². The van der Waals surface area contributed by atoms with Crippen LogP contribution in [0.25, 0.3) is 0 Å². The highest BCUT2D eigenvalue weighted by Gasteiger charge is 2.32. The lowest BCUT2D eigenvalue weighted by Gasteiger charge is -2.28. The van der Waals surface area contributed by atoms with Crippen molar-refractivity contribution in [2.75, 3.05) is 20.8 Å². The van der Waals surface area contributed by atoms with Crippen LogP contribution in [0.3, 0.4) is 0 Å². The molecule has 1 aliphatic rings.